The van der Waals surface area contributed by atoms with Crippen LogP contribution in [0.15, 0.2) is 122 Å². The van der Waals surface area contributed by atoms with E-state index in [0.717, 1.165) is 44.1 Å². The third-order valence-electron chi connectivity index (χ3n) is 11.2. The van der Waals surface area contributed by atoms with Gasteiger partial charge in [0.2, 0.25) is 29.5 Å². The molecule has 2 heterocycles. The van der Waals surface area contributed by atoms with Crippen molar-refractivity contribution in [2.45, 2.75) is 95.6 Å². The van der Waals surface area contributed by atoms with E-state index in [9.17, 15) is 29.1 Å². The molecule has 0 aliphatic rings. The Morgan fingerprint density at radius 2 is 0.953 bits per heavy atom. The van der Waals surface area contributed by atoms with Gasteiger partial charge in [-0.1, -0.05) is 111 Å². The van der Waals surface area contributed by atoms with Crippen LogP contribution >= 0.6 is 0 Å². The molecule has 0 spiro atoms. The Bertz CT molecular complexity index is 2480. The van der Waals surface area contributed by atoms with Crippen molar-refractivity contribution in [2.24, 2.45) is 11.7 Å². The fourth-order valence-corrected chi connectivity index (χ4v) is 7.81. The van der Waals surface area contributed by atoms with E-state index in [-0.39, 0.29) is 38.1 Å². The molecule has 4 aromatic carbocycles. The summed E-state index contributed by atoms with van der Waals surface area (Å²) in [5.74, 6) is -2.75. The molecule has 14 heteroatoms. The number of H-pyrrole nitrogens is 2. The lowest BCUT2D eigenvalue weighted by molar-refractivity contribution is -0.134. The van der Waals surface area contributed by atoms with E-state index in [1.54, 1.807) is 19.3 Å². The summed E-state index contributed by atoms with van der Waals surface area (Å²) in [6.07, 6.45) is 4.08. The normalized spacial score (nSPS) is 14.2. The van der Waals surface area contributed by atoms with Crippen LogP contribution in [0.1, 0.15) is 55.9 Å². The van der Waals surface area contributed by atoms with Crippen LogP contribution in [0.25, 0.3) is 21.8 Å². The number of para-hydroxylation sites is 2. The average molecular weight is 869 g/mol. The van der Waals surface area contributed by atoms with Crippen molar-refractivity contribution < 1.29 is 29.1 Å². The fourth-order valence-electron chi connectivity index (χ4n) is 7.81. The standard InChI is InChI=1S/C50H60N8O6/c1-31(2)24-42(47(61)52-23-22-32(3)59)56-50(64)45(28-36-30-54-41-21-13-11-19-38(36)41)58-48(62)43(26-34-16-8-5-9-17-34)57-49(63)44(27-35-29-53-40-20-12-10-18-37(35)40)55-46(60)39(51)25-33-14-6-4-7-15-33/h4-21,29-32,39,42-45,53-54,59H,22-28,51H2,1-3H3,(H,52,61)(H,55,60)(H,56,64)(H,57,63)(H,58,62)/t32?,39-,42+,43+,44-,45-/m1/s1. The quantitative estimate of drug-likeness (QED) is 0.0485. The van der Waals surface area contributed by atoms with Crippen molar-refractivity contribution in [1.82, 2.24) is 36.6 Å². The molecule has 2 aromatic heterocycles. The summed E-state index contributed by atoms with van der Waals surface area (Å²) in [5, 5.41) is 26.0. The van der Waals surface area contributed by atoms with Gasteiger partial charge in [-0.05, 0) is 66.5 Å². The number of aliphatic hydroxyl groups excluding tert-OH is 1. The number of aromatic amines is 2. The van der Waals surface area contributed by atoms with Crippen LogP contribution in [0.3, 0.4) is 0 Å². The lowest BCUT2D eigenvalue weighted by Crippen LogP contribution is -2.60. The van der Waals surface area contributed by atoms with Crippen LogP contribution < -0.4 is 32.3 Å². The molecule has 14 nitrogen and oxygen atoms in total. The number of aromatic nitrogens is 2. The highest BCUT2D eigenvalue weighted by molar-refractivity contribution is 5.97. The Balaban J connectivity index is 1.29. The van der Waals surface area contributed by atoms with Crippen LogP contribution in [0.5, 0.6) is 0 Å². The molecule has 0 saturated carbocycles. The van der Waals surface area contributed by atoms with Crippen LogP contribution in [0.4, 0.5) is 0 Å². The first-order valence-corrected chi connectivity index (χ1v) is 21.9. The second-order valence-electron chi connectivity index (χ2n) is 16.9. The topological polar surface area (TPSA) is 223 Å². The summed E-state index contributed by atoms with van der Waals surface area (Å²) in [7, 11) is 0. The number of aliphatic hydroxyl groups is 1. The van der Waals surface area contributed by atoms with Gasteiger partial charge in [-0.3, -0.25) is 24.0 Å². The van der Waals surface area contributed by atoms with Gasteiger partial charge in [0, 0.05) is 60.0 Å². The zero-order chi connectivity index (χ0) is 45.6. The van der Waals surface area contributed by atoms with Crippen LogP contribution in [-0.2, 0) is 49.7 Å². The molecule has 10 N–H and O–H groups in total. The Morgan fingerprint density at radius 3 is 1.44 bits per heavy atom. The lowest BCUT2D eigenvalue weighted by atomic mass is 9.99. The van der Waals surface area contributed by atoms with E-state index in [0.29, 0.717) is 12.8 Å². The summed E-state index contributed by atoms with van der Waals surface area (Å²) in [6.45, 7) is 5.73. The summed E-state index contributed by atoms with van der Waals surface area (Å²) in [6, 6.07) is 28.3. The number of rotatable bonds is 22. The van der Waals surface area contributed by atoms with Gasteiger partial charge >= 0.3 is 0 Å². The van der Waals surface area contributed by atoms with Gasteiger partial charge in [0.1, 0.15) is 24.2 Å². The molecule has 1 unspecified atom stereocenters. The molecule has 0 fully saturated rings. The van der Waals surface area contributed by atoms with Crippen molar-refractivity contribution in [3.63, 3.8) is 0 Å². The van der Waals surface area contributed by atoms with Gasteiger partial charge in [0.05, 0.1) is 12.1 Å². The number of carbonyl (C=O) groups excluding carboxylic acids is 5. The summed E-state index contributed by atoms with van der Waals surface area (Å²) < 4.78 is 0. The van der Waals surface area contributed by atoms with Gasteiger partial charge in [-0.2, -0.15) is 0 Å². The van der Waals surface area contributed by atoms with E-state index in [1.807, 2.05) is 123 Å². The second-order valence-corrected chi connectivity index (χ2v) is 16.9. The third kappa shape index (κ3) is 13.1. The van der Waals surface area contributed by atoms with Gasteiger partial charge in [0.15, 0.2) is 0 Å². The molecular formula is C50H60N8O6. The molecule has 6 atom stereocenters. The molecule has 0 radical (unpaired) electrons. The largest absolute Gasteiger partial charge is 0.393 e. The third-order valence-corrected chi connectivity index (χ3v) is 11.2. The first kappa shape index (κ1) is 46.7. The molecular weight excluding hydrogens is 809 g/mol. The van der Waals surface area contributed by atoms with E-state index in [2.05, 4.69) is 36.6 Å². The fraction of sp³-hybridized carbons (Fsp3) is 0.340. The van der Waals surface area contributed by atoms with Crippen LogP contribution in [-0.4, -0.2) is 87.5 Å². The first-order chi connectivity index (χ1) is 30.8. The predicted octanol–water partition coefficient (Wildman–Crippen LogP) is 4.12. The predicted molar refractivity (Wildman–Crippen MR) is 249 cm³/mol. The molecule has 6 aromatic rings. The van der Waals surface area contributed by atoms with Crippen molar-refractivity contribution in [2.75, 3.05) is 6.54 Å². The summed E-state index contributed by atoms with van der Waals surface area (Å²) >= 11 is 0. The molecule has 336 valence electrons. The molecule has 0 aliphatic heterocycles. The van der Waals surface area contributed by atoms with E-state index in [4.69, 9.17) is 5.73 Å². The van der Waals surface area contributed by atoms with Crippen molar-refractivity contribution >= 4 is 51.3 Å². The minimum Gasteiger partial charge on any atom is -0.393 e. The SMILES string of the molecule is CC(C)C[C@H](NC(=O)[C@@H](Cc1c[nH]c2ccccc12)NC(=O)[C@H](Cc1ccccc1)NC(=O)[C@@H](Cc1c[nH]c2ccccc12)NC(=O)[C@H](N)Cc1ccccc1)C(=O)NCCC(C)O. The highest BCUT2D eigenvalue weighted by Crippen LogP contribution is 2.21. The van der Waals surface area contributed by atoms with Crippen LogP contribution in [0, 0.1) is 5.92 Å². The molecule has 0 saturated heterocycles. The first-order valence-electron chi connectivity index (χ1n) is 21.9. The maximum atomic E-state index is 14.7. The number of nitrogens with one attached hydrogen (secondary N) is 7. The Kier molecular flexibility index (Phi) is 16.5. The van der Waals surface area contributed by atoms with Gasteiger partial charge in [-0.15, -0.1) is 0 Å². The highest BCUT2D eigenvalue weighted by Gasteiger charge is 2.33. The summed E-state index contributed by atoms with van der Waals surface area (Å²) in [5.41, 5.74) is 11.3. The van der Waals surface area contributed by atoms with Crippen molar-refractivity contribution in [3.8, 4) is 0 Å². The minimum atomic E-state index is -1.20. The zero-order valence-electron chi connectivity index (χ0n) is 36.6. The Hall–Kier alpha value is -6.77. The molecule has 0 bridgehead atoms. The molecule has 5 amide bonds. The maximum Gasteiger partial charge on any atom is 0.243 e. The number of carbonyl (C=O) groups is 5. The minimum absolute atomic E-state index is 0.0329. The summed E-state index contributed by atoms with van der Waals surface area (Å²) in [4.78, 5) is 77.4. The second kappa shape index (κ2) is 22.5. The average Bonchev–Trinajstić information content (AvgIpc) is 3.89. The number of hydrogen-bond donors (Lipinski definition) is 9. The number of nitrogens with two attached hydrogens (primary N) is 1. The van der Waals surface area contributed by atoms with E-state index in [1.165, 1.54) is 0 Å². The lowest BCUT2D eigenvalue weighted by Gasteiger charge is -2.27. The molecule has 6 rings (SSSR count). The number of hydrogen-bond acceptors (Lipinski definition) is 7. The zero-order valence-corrected chi connectivity index (χ0v) is 36.6. The molecule has 64 heavy (non-hydrogen) atoms. The van der Waals surface area contributed by atoms with Crippen molar-refractivity contribution in [1.29, 1.82) is 0 Å². The van der Waals surface area contributed by atoms with Gasteiger partial charge in [0.25, 0.3) is 0 Å². The van der Waals surface area contributed by atoms with Gasteiger partial charge < -0.3 is 47.4 Å². The number of amides is 5. The Morgan fingerprint density at radius 1 is 0.531 bits per heavy atom. The smallest absolute Gasteiger partial charge is 0.243 e. The van der Waals surface area contributed by atoms with Crippen molar-refractivity contribution in [3.05, 3.63) is 144 Å². The van der Waals surface area contributed by atoms with E-state index < -0.39 is 65.8 Å². The monoisotopic (exact) mass is 868 g/mol. The van der Waals surface area contributed by atoms with Crippen LogP contribution in [0.2, 0.25) is 0 Å². The highest BCUT2D eigenvalue weighted by atomic mass is 16.3. The number of fused-ring (bicyclic) bond motifs is 2. The van der Waals surface area contributed by atoms with Gasteiger partial charge in [-0.25, -0.2) is 0 Å². The molecule has 0 aliphatic carbocycles. The maximum absolute atomic E-state index is 14.7. The number of benzene rings is 4. The van der Waals surface area contributed by atoms with E-state index >= 15 is 0 Å². The Labute approximate surface area is 373 Å².